The number of carboxylic acids is 1. The smallest absolute Gasteiger partial charge is 0.371 e. The van der Waals surface area contributed by atoms with Gasteiger partial charge in [0, 0.05) is 16.1 Å². The Morgan fingerprint density at radius 2 is 1.77 bits per heavy atom. The van der Waals surface area contributed by atoms with Crippen molar-refractivity contribution in [3.8, 4) is 11.3 Å². The van der Waals surface area contributed by atoms with E-state index in [1.54, 1.807) is 30.3 Å². The average Bonchev–Trinajstić information content (AvgIpc) is 3.18. The molecule has 0 saturated heterocycles. The molecule has 2 aromatic carbocycles. The molecule has 1 heterocycles. The number of halogens is 1. The van der Waals surface area contributed by atoms with Crippen LogP contribution in [0.15, 0.2) is 59.0 Å². The third-order valence-electron chi connectivity index (χ3n) is 4.38. The molecule has 0 radical (unpaired) electrons. The van der Waals surface area contributed by atoms with E-state index in [2.05, 4.69) is 24.5 Å². The summed E-state index contributed by atoms with van der Waals surface area (Å²) in [6, 6.07) is 15.1. The van der Waals surface area contributed by atoms with Crippen molar-refractivity contribution in [1.82, 2.24) is 5.32 Å². The zero-order valence-electron chi connectivity index (χ0n) is 16.2. The Bertz CT molecular complexity index is 1110. The number of aromatic carboxylic acids is 1. The number of carbonyl (C=O) groups excluding carboxylic acids is 1. The lowest BCUT2D eigenvalue weighted by atomic mass is 10.0. The van der Waals surface area contributed by atoms with Crippen LogP contribution in [0.2, 0.25) is 5.02 Å². The summed E-state index contributed by atoms with van der Waals surface area (Å²) in [7, 11) is 0. The van der Waals surface area contributed by atoms with Crippen LogP contribution in [0.3, 0.4) is 0 Å². The average molecular weight is 443 g/mol. The molecule has 3 N–H and O–H groups in total. The standard InChI is InChI=1S/C22H19ClN2O4S/c1-12(2)13-3-5-14(6-4-13)20(26)25-22(30)24-17-11-15(23)7-8-16(17)18-9-10-19(29-18)21(27)28/h3-12H,1-2H3,(H,27,28)(H2,24,25,26,30). The van der Waals surface area contributed by atoms with Crippen LogP contribution in [0.4, 0.5) is 5.69 Å². The number of hydrogen-bond donors (Lipinski definition) is 3. The summed E-state index contributed by atoms with van der Waals surface area (Å²) in [5.74, 6) is -1.01. The van der Waals surface area contributed by atoms with Gasteiger partial charge in [-0.25, -0.2) is 4.79 Å². The second kappa shape index (κ2) is 9.11. The highest BCUT2D eigenvalue weighted by Gasteiger charge is 2.15. The van der Waals surface area contributed by atoms with Gasteiger partial charge >= 0.3 is 5.97 Å². The number of benzene rings is 2. The molecule has 8 heteroatoms. The van der Waals surface area contributed by atoms with Crippen molar-refractivity contribution in [3.63, 3.8) is 0 Å². The number of carboxylic acid groups (broad SMARTS) is 1. The summed E-state index contributed by atoms with van der Waals surface area (Å²) in [4.78, 5) is 23.6. The van der Waals surface area contributed by atoms with Gasteiger partial charge in [0.2, 0.25) is 5.76 Å². The molecule has 1 amide bonds. The Morgan fingerprint density at radius 3 is 2.37 bits per heavy atom. The zero-order chi connectivity index (χ0) is 21.8. The number of amides is 1. The van der Waals surface area contributed by atoms with Gasteiger partial charge in [-0.05, 0) is 66.2 Å². The summed E-state index contributed by atoms with van der Waals surface area (Å²) in [5, 5.41) is 15.1. The normalized spacial score (nSPS) is 10.7. The predicted octanol–water partition coefficient (Wildman–Crippen LogP) is 5.55. The van der Waals surface area contributed by atoms with E-state index >= 15 is 0 Å². The molecular weight excluding hydrogens is 424 g/mol. The Balaban J connectivity index is 1.76. The van der Waals surface area contributed by atoms with E-state index in [0.717, 1.165) is 5.56 Å². The maximum absolute atomic E-state index is 12.5. The maximum Gasteiger partial charge on any atom is 0.371 e. The Labute approximate surface area is 183 Å². The van der Waals surface area contributed by atoms with Crippen LogP contribution < -0.4 is 10.6 Å². The molecule has 0 fully saturated rings. The Morgan fingerprint density at radius 1 is 1.07 bits per heavy atom. The van der Waals surface area contributed by atoms with Gasteiger partial charge in [-0.2, -0.15) is 0 Å². The van der Waals surface area contributed by atoms with Crippen LogP contribution in [0, 0.1) is 0 Å². The highest BCUT2D eigenvalue weighted by Crippen LogP contribution is 2.32. The summed E-state index contributed by atoms with van der Waals surface area (Å²) in [6.07, 6.45) is 0. The van der Waals surface area contributed by atoms with E-state index in [1.807, 2.05) is 12.1 Å². The first kappa shape index (κ1) is 21.5. The van der Waals surface area contributed by atoms with Gasteiger partial charge in [0.1, 0.15) is 5.76 Å². The minimum Gasteiger partial charge on any atom is -0.475 e. The highest BCUT2D eigenvalue weighted by molar-refractivity contribution is 7.80. The molecule has 154 valence electrons. The van der Waals surface area contributed by atoms with Crippen molar-refractivity contribution in [3.05, 3.63) is 76.5 Å². The molecule has 0 bridgehead atoms. The molecule has 3 rings (SSSR count). The minimum atomic E-state index is -1.17. The highest BCUT2D eigenvalue weighted by atomic mass is 35.5. The monoisotopic (exact) mass is 442 g/mol. The number of thiocarbonyl (C=S) groups is 1. The summed E-state index contributed by atoms with van der Waals surface area (Å²) in [6.45, 7) is 4.16. The first-order chi connectivity index (χ1) is 14.2. The summed E-state index contributed by atoms with van der Waals surface area (Å²) >= 11 is 11.4. The fraction of sp³-hybridized carbons (Fsp3) is 0.136. The third-order valence-corrected chi connectivity index (χ3v) is 4.82. The van der Waals surface area contributed by atoms with Gasteiger partial charge < -0.3 is 14.8 Å². The van der Waals surface area contributed by atoms with Crippen LogP contribution in [0.25, 0.3) is 11.3 Å². The van der Waals surface area contributed by atoms with Crippen molar-refractivity contribution >= 4 is 46.5 Å². The molecule has 0 aliphatic heterocycles. The molecule has 0 atom stereocenters. The fourth-order valence-corrected chi connectivity index (χ4v) is 3.16. The molecule has 0 unspecified atom stereocenters. The van der Waals surface area contributed by atoms with Crippen molar-refractivity contribution in [2.24, 2.45) is 0 Å². The quantitative estimate of drug-likeness (QED) is 0.449. The van der Waals surface area contributed by atoms with Crippen LogP contribution in [0.1, 0.15) is 46.2 Å². The van der Waals surface area contributed by atoms with E-state index < -0.39 is 5.97 Å². The zero-order valence-corrected chi connectivity index (χ0v) is 17.8. The lowest BCUT2D eigenvalue weighted by molar-refractivity contribution is 0.0663. The second-order valence-electron chi connectivity index (χ2n) is 6.84. The van der Waals surface area contributed by atoms with Gasteiger partial charge in [0.05, 0.1) is 5.69 Å². The van der Waals surface area contributed by atoms with Gasteiger partial charge in [-0.3, -0.25) is 10.1 Å². The lowest BCUT2D eigenvalue weighted by Gasteiger charge is -2.13. The van der Waals surface area contributed by atoms with E-state index in [9.17, 15) is 9.59 Å². The van der Waals surface area contributed by atoms with Gasteiger partial charge in [-0.15, -0.1) is 0 Å². The second-order valence-corrected chi connectivity index (χ2v) is 7.69. The van der Waals surface area contributed by atoms with Crippen molar-refractivity contribution < 1.29 is 19.1 Å². The molecule has 0 saturated carbocycles. The number of rotatable bonds is 5. The van der Waals surface area contributed by atoms with Gasteiger partial charge in [0.25, 0.3) is 5.91 Å². The topological polar surface area (TPSA) is 91.6 Å². The number of nitrogens with one attached hydrogen (secondary N) is 2. The van der Waals surface area contributed by atoms with Crippen molar-refractivity contribution in [1.29, 1.82) is 0 Å². The maximum atomic E-state index is 12.5. The van der Waals surface area contributed by atoms with E-state index in [4.69, 9.17) is 33.3 Å². The molecular formula is C22H19ClN2O4S. The van der Waals surface area contributed by atoms with Crippen LogP contribution in [0.5, 0.6) is 0 Å². The van der Waals surface area contributed by atoms with E-state index in [-0.39, 0.29) is 16.8 Å². The van der Waals surface area contributed by atoms with Crippen LogP contribution in [-0.4, -0.2) is 22.1 Å². The predicted molar refractivity (Wildman–Crippen MR) is 120 cm³/mol. The first-order valence-electron chi connectivity index (χ1n) is 9.10. The number of hydrogen-bond acceptors (Lipinski definition) is 4. The Kier molecular flexibility index (Phi) is 6.54. The van der Waals surface area contributed by atoms with Crippen molar-refractivity contribution in [2.75, 3.05) is 5.32 Å². The largest absolute Gasteiger partial charge is 0.475 e. The SMILES string of the molecule is CC(C)c1ccc(C(=O)NC(=S)Nc2cc(Cl)ccc2-c2ccc(C(=O)O)o2)cc1. The molecule has 0 aliphatic carbocycles. The lowest BCUT2D eigenvalue weighted by Crippen LogP contribution is -2.34. The number of carbonyl (C=O) groups is 2. The molecule has 3 aromatic rings. The van der Waals surface area contributed by atoms with Gasteiger partial charge in [0.15, 0.2) is 5.11 Å². The third kappa shape index (κ3) is 5.06. The molecule has 0 aliphatic rings. The first-order valence-corrected chi connectivity index (χ1v) is 9.88. The number of anilines is 1. The van der Waals surface area contributed by atoms with Gasteiger partial charge in [-0.1, -0.05) is 37.6 Å². The number of furan rings is 1. The molecule has 0 spiro atoms. The Hall–Kier alpha value is -3.16. The molecule has 1 aromatic heterocycles. The fourth-order valence-electron chi connectivity index (χ4n) is 2.78. The summed E-state index contributed by atoms with van der Waals surface area (Å²) in [5.41, 5.74) is 2.63. The molecule has 30 heavy (non-hydrogen) atoms. The van der Waals surface area contributed by atoms with Crippen LogP contribution >= 0.6 is 23.8 Å². The van der Waals surface area contributed by atoms with Crippen LogP contribution in [-0.2, 0) is 0 Å². The van der Waals surface area contributed by atoms with E-state index in [1.165, 1.54) is 12.1 Å². The minimum absolute atomic E-state index is 0.0708. The van der Waals surface area contributed by atoms with Crippen molar-refractivity contribution in [2.45, 2.75) is 19.8 Å². The molecule has 6 nitrogen and oxygen atoms in total. The summed E-state index contributed by atoms with van der Waals surface area (Å²) < 4.78 is 5.36. The van der Waals surface area contributed by atoms with E-state index in [0.29, 0.717) is 33.5 Å².